The van der Waals surface area contributed by atoms with Crippen LogP contribution in [-0.2, 0) is 9.59 Å². The van der Waals surface area contributed by atoms with Crippen LogP contribution in [0, 0.1) is 23.2 Å². The van der Waals surface area contributed by atoms with E-state index in [1.54, 1.807) is 0 Å². The zero-order valence-corrected chi connectivity index (χ0v) is 13.1. The van der Waals surface area contributed by atoms with Crippen LogP contribution in [-0.4, -0.2) is 18.2 Å². The summed E-state index contributed by atoms with van der Waals surface area (Å²) < 4.78 is 0. The van der Waals surface area contributed by atoms with Gasteiger partial charge in [-0.2, -0.15) is 0 Å². The lowest BCUT2D eigenvalue weighted by molar-refractivity contribution is -0.131. The van der Waals surface area contributed by atoms with E-state index in [1.165, 1.54) is 6.42 Å². The van der Waals surface area contributed by atoms with Gasteiger partial charge in [0.2, 0.25) is 5.91 Å². The van der Waals surface area contributed by atoms with Gasteiger partial charge in [-0.15, -0.1) is 0 Å². The molecule has 1 aliphatic rings. The van der Waals surface area contributed by atoms with E-state index in [9.17, 15) is 9.59 Å². The molecule has 0 radical (unpaired) electrons. The monoisotopic (exact) mass is 267 g/mol. The fourth-order valence-electron chi connectivity index (χ4n) is 2.74. The van der Waals surface area contributed by atoms with E-state index >= 15 is 0 Å². The van der Waals surface area contributed by atoms with Crippen molar-refractivity contribution in [3.8, 4) is 0 Å². The highest BCUT2D eigenvalue weighted by Gasteiger charge is 2.32. The average molecular weight is 267 g/mol. The van der Waals surface area contributed by atoms with E-state index in [1.807, 2.05) is 34.6 Å². The predicted octanol–water partition coefficient (Wildman–Crippen LogP) is 3.18. The fourth-order valence-corrected chi connectivity index (χ4v) is 2.74. The third kappa shape index (κ3) is 4.63. The standard InChI is InChI=1S/C16H29NO2/c1-11(2)14(18)13-9-7-6-8-12(13)10-17-15(19)16(3,4)5/h11-13H,6-10H2,1-5H3,(H,17,19). The number of carbonyl (C=O) groups is 2. The molecule has 0 aromatic carbocycles. The Bertz CT molecular complexity index is 328. The van der Waals surface area contributed by atoms with Crippen molar-refractivity contribution < 1.29 is 9.59 Å². The molecule has 0 heterocycles. The van der Waals surface area contributed by atoms with Crippen LogP contribution < -0.4 is 5.32 Å². The summed E-state index contributed by atoms with van der Waals surface area (Å²) in [5.41, 5.74) is -0.355. The van der Waals surface area contributed by atoms with Gasteiger partial charge in [-0.05, 0) is 18.8 Å². The Kier molecular flexibility index (Phi) is 5.57. The Morgan fingerprint density at radius 3 is 2.26 bits per heavy atom. The van der Waals surface area contributed by atoms with Crippen molar-refractivity contribution in [2.45, 2.75) is 60.3 Å². The molecular formula is C16H29NO2. The smallest absolute Gasteiger partial charge is 0.225 e. The summed E-state index contributed by atoms with van der Waals surface area (Å²) in [6.45, 7) is 10.3. The molecule has 2 atom stereocenters. The largest absolute Gasteiger partial charge is 0.355 e. The van der Waals surface area contributed by atoms with Gasteiger partial charge in [-0.1, -0.05) is 47.5 Å². The van der Waals surface area contributed by atoms with E-state index in [2.05, 4.69) is 5.32 Å². The third-order valence-corrected chi connectivity index (χ3v) is 4.05. The lowest BCUT2D eigenvalue weighted by atomic mass is 9.74. The van der Waals surface area contributed by atoms with E-state index in [0.717, 1.165) is 19.3 Å². The van der Waals surface area contributed by atoms with Crippen molar-refractivity contribution in [3.05, 3.63) is 0 Å². The molecule has 0 spiro atoms. The molecule has 0 aromatic rings. The second-order valence-corrected chi connectivity index (χ2v) is 7.17. The first kappa shape index (κ1) is 16.2. The number of hydrogen-bond acceptors (Lipinski definition) is 2. The molecule has 0 aliphatic heterocycles. The Morgan fingerprint density at radius 1 is 1.16 bits per heavy atom. The number of Topliss-reactive ketones (excluding diaryl/α,β-unsaturated/α-hetero) is 1. The molecule has 1 N–H and O–H groups in total. The summed E-state index contributed by atoms with van der Waals surface area (Å²) in [4.78, 5) is 24.2. The highest BCUT2D eigenvalue weighted by molar-refractivity contribution is 5.83. The summed E-state index contributed by atoms with van der Waals surface area (Å²) >= 11 is 0. The Labute approximate surface area is 117 Å². The molecular weight excluding hydrogens is 238 g/mol. The highest BCUT2D eigenvalue weighted by Crippen LogP contribution is 2.32. The summed E-state index contributed by atoms with van der Waals surface area (Å²) in [6.07, 6.45) is 4.38. The molecule has 3 nitrogen and oxygen atoms in total. The van der Waals surface area contributed by atoms with Gasteiger partial charge in [-0.25, -0.2) is 0 Å². The van der Waals surface area contributed by atoms with Crippen LogP contribution in [0.4, 0.5) is 0 Å². The molecule has 0 bridgehead atoms. The molecule has 0 saturated heterocycles. The van der Waals surface area contributed by atoms with Crippen LogP contribution >= 0.6 is 0 Å². The molecule has 0 aromatic heterocycles. The zero-order chi connectivity index (χ0) is 14.6. The van der Waals surface area contributed by atoms with E-state index in [-0.39, 0.29) is 23.2 Å². The summed E-state index contributed by atoms with van der Waals surface area (Å²) in [6, 6.07) is 0. The first-order valence-corrected chi connectivity index (χ1v) is 7.55. The minimum Gasteiger partial charge on any atom is -0.355 e. The molecule has 110 valence electrons. The lowest BCUT2D eigenvalue weighted by Crippen LogP contribution is -2.42. The Balaban J connectivity index is 2.59. The van der Waals surface area contributed by atoms with Gasteiger partial charge >= 0.3 is 0 Å². The maximum absolute atomic E-state index is 12.2. The summed E-state index contributed by atoms with van der Waals surface area (Å²) in [7, 11) is 0. The molecule has 1 amide bonds. The van der Waals surface area contributed by atoms with Gasteiger partial charge < -0.3 is 5.32 Å². The normalized spacial score (nSPS) is 24.3. The lowest BCUT2D eigenvalue weighted by Gasteiger charge is -2.32. The van der Waals surface area contributed by atoms with Crippen molar-refractivity contribution in [2.75, 3.05) is 6.54 Å². The molecule has 1 fully saturated rings. The van der Waals surface area contributed by atoms with Crippen molar-refractivity contribution in [1.82, 2.24) is 5.32 Å². The zero-order valence-electron chi connectivity index (χ0n) is 13.1. The van der Waals surface area contributed by atoms with Gasteiger partial charge in [0.1, 0.15) is 5.78 Å². The first-order chi connectivity index (χ1) is 8.73. The second kappa shape index (κ2) is 6.53. The second-order valence-electron chi connectivity index (χ2n) is 7.17. The number of carbonyl (C=O) groups excluding carboxylic acids is 2. The molecule has 1 rings (SSSR count). The quantitative estimate of drug-likeness (QED) is 0.850. The van der Waals surface area contributed by atoms with Gasteiger partial charge in [0, 0.05) is 23.8 Å². The van der Waals surface area contributed by atoms with E-state index in [0.29, 0.717) is 18.2 Å². The Hall–Kier alpha value is -0.860. The van der Waals surface area contributed by atoms with Crippen molar-refractivity contribution in [2.24, 2.45) is 23.2 Å². The molecule has 3 heteroatoms. The molecule has 1 saturated carbocycles. The predicted molar refractivity (Wildman–Crippen MR) is 77.8 cm³/mol. The highest BCUT2D eigenvalue weighted by atomic mass is 16.2. The average Bonchev–Trinajstić information content (AvgIpc) is 2.34. The third-order valence-electron chi connectivity index (χ3n) is 4.05. The van der Waals surface area contributed by atoms with Gasteiger partial charge in [-0.3, -0.25) is 9.59 Å². The fraction of sp³-hybridized carbons (Fsp3) is 0.875. The van der Waals surface area contributed by atoms with Crippen LogP contribution in [0.5, 0.6) is 0 Å². The minimum absolute atomic E-state index is 0.0776. The number of ketones is 1. The maximum atomic E-state index is 12.2. The van der Waals surface area contributed by atoms with E-state index < -0.39 is 0 Å². The van der Waals surface area contributed by atoms with Crippen LogP contribution in [0.15, 0.2) is 0 Å². The summed E-state index contributed by atoms with van der Waals surface area (Å²) in [5.74, 6) is 1.02. The number of rotatable bonds is 4. The molecule has 19 heavy (non-hydrogen) atoms. The van der Waals surface area contributed by atoms with Gasteiger partial charge in [0.15, 0.2) is 0 Å². The first-order valence-electron chi connectivity index (χ1n) is 7.55. The summed E-state index contributed by atoms with van der Waals surface area (Å²) in [5, 5.41) is 3.02. The number of hydrogen-bond donors (Lipinski definition) is 1. The molecule has 1 aliphatic carbocycles. The molecule has 2 unspecified atom stereocenters. The minimum atomic E-state index is -0.355. The maximum Gasteiger partial charge on any atom is 0.225 e. The van der Waals surface area contributed by atoms with Gasteiger partial charge in [0.05, 0.1) is 0 Å². The SMILES string of the molecule is CC(C)C(=O)C1CCCCC1CNC(=O)C(C)(C)C. The van der Waals surface area contributed by atoms with Gasteiger partial charge in [0.25, 0.3) is 0 Å². The van der Waals surface area contributed by atoms with Crippen LogP contribution in [0.1, 0.15) is 60.3 Å². The topological polar surface area (TPSA) is 46.2 Å². The van der Waals surface area contributed by atoms with Crippen molar-refractivity contribution >= 4 is 11.7 Å². The van der Waals surface area contributed by atoms with Crippen LogP contribution in [0.3, 0.4) is 0 Å². The number of amides is 1. The van der Waals surface area contributed by atoms with Crippen LogP contribution in [0.25, 0.3) is 0 Å². The van der Waals surface area contributed by atoms with Crippen molar-refractivity contribution in [1.29, 1.82) is 0 Å². The van der Waals surface area contributed by atoms with E-state index in [4.69, 9.17) is 0 Å². The van der Waals surface area contributed by atoms with Crippen LogP contribution in [0.2, 0.25) is 0 Å². The number of nitrogens with one attached hydrogen (secondary N) is 1. The Morgan fingerprint density at radius 2 is 1.74 bits per heavy atom. The van der Waals surface area contributed by atoms with Crippen molar-refractivity contribution in [3.63, 3.8) is 0 Å².